The zero-order valence-electron chi connectivity index (χ0n) is 19.1. The van der Waals surface area contributed by atoms with E-state index in [0.717, 1.165) is 63.3 Å². The van der Waals surface area contributed by atoms with E-state index < -0.39 is 0 Å². The summed E-state index contributed by atoms with van der Waals surface area (Å²) < 4.78 is 5.49. The fourth-order valence-electron chi connectivity index (χ4n) is 5.10. The number of benzene rings is 1. The van der Waals surface area contributed by atoms with E-state index in [-0.39, 0.29) is 0 Å². The van der Waals surface area contributed by atoms with Gasteiger partial charge in [-0.15, -0.1) is 0 Å². The molecule has 1 aromatic carbocycles. The highest BCUT2D eigenvalue weighted by molar-refractivity contribution is 5.76. The van der Waals surface area contributed by atoms with Crippen LogP contribution in [0.5, 0.6) is 0 Å². The lowest BCUT2D eigenvalue weighted by Crippen LogP contribution is -2.44. The molecule has 3 heterocycles. The van der Waals surface area contributed by atoms with Gasteiger partial charge in [-0.2, -0.15) is 0 Å². The first-order valence-electron chi connectivity index (χ1n) is 11.9. The third-order valence-electron chi connectivity index (χ3n) is 7.16. The Balaban J connectivity index is 1.22. The van der Waals surface area contributed by atoms with Gasteiger partial charge in [0.2, 0.25) is 5.91 Å². The maximum absolute atomic E-state index is 12.8. The number of piperidine rings is 2. The van der Waals surface area contributed by atoms with Gasteiger partial charge in [0.1, 0.15) is 5.76 Å². The third kappa shape index (κ3) is 5.98. The molecule has 1 atom stereocenters. The summed E-state index contributed by atoms with van der Waals surface area (Å²) in [4.78, 5) is 19.7. The van der Waals surface area contributed by atoms with Crippen molar-refractivity contribution >= 4 is 5.91 Å². The van der Waals surface area contributed by atoms with Gasteiger partial charge in [0.15, 0.2) is 0 Å². The van der Waals surface area contributed by atoms with Crippen LogP contribution in [0.15, 0.2) is 47.1 Å². The zero-order valence-corrected chi connectivity index (χ0v) is 19.1. The van der Waals surface area contributed by atoms with E-state index in [1.165, 1.54) is 18.4 Å². The van der Waals surface area contributed by atoms with Gasteiger partial charge >= 0.3 is 0 Å². The van der Waals surface area contributed by atoms with E-state index in [9.17, 15) is 4.79 Å². The Morgan fingerprint density at radius 2 is 1.87 bits per heavy atom. The van der Waals surface area contributed by atoms with Gasteiger partial charge in [-0.1, -0.05) is 24.3 Å². The number of furan rings is 1. The summed E-state index contributed by atoms with van der Waals surface area (Å²) in [6.07, 6.45) is 8.12. The van der Waals surface area contributed by atoms with Crippen LogP contribution in [0, 0.1) is 5.92 Å². The first kappa shape index (κ1) is 22.1. The summed E-state index contributed by atoms with van der Waals surface area (Å²) in [5, 5.41) is 0. The molecule has 5 nitrogen and oxygen atoms in total. The molecule has 4 rings (SSSR count). The van der Waals surface area contributed by atoms with Crippen molar-refractivity contribution in [2.45, 2.75) is 51.1 Å². The topological polar surface area (TPSA) is 39.9 Å². The number of nitrogens with zero attached hydrogens (tertiary/aromatic N) is 3. The van der Waals surface area contributed by atoms with Crippen LogP contribution in [0.3, 0.4) is 0 Å². The second kappa shape index (κ2) is 10.5. The minimum absolute atomic E-state index is 0.334. The van der Waals surface area contributed by atoms with Crippen LogP contribution in [0.2, 0.25) is 0 Å². The van der Waals surface area contributed by atoms with Gasteiger partial charge in [-0.05, 0) is 82.4 Å². The molecular formula is C26H37N3O2. The molecule has 2 aromatic rings. The summed E-state index contributed by atoms with van der Waals surface area (Å²) in [6.45, 7) is 5.44. The molecule has 5 heteroatoms. The third-order valence-corrected chi connectivity index (χ3v) is 7.16. The number of hydrogen-bond acceptors (Lipinski definition) is 4. The summed E-state index contributed by atoms with van der Waals surface area (Å²) in [5.74, 6) is 1.88. The summed E-state index contributed by atoms with van der Waals surface area (Å²) in [5.41, 5.74) is 2.46. The predicted molar refractivity (Wildman–Crippen MR) is 125 cm³/mol. The molecule has 0 saturated carbocycles. The second-order valence-corrected chi connectivity index (χ2v) is 9.50. The maximum Gasteiger partial charge on any atom is 0.222 e. The molecule has 31 heavy (non-hydrogen) atoms. The van der Waals surface area contributed by atoms with Crippen molar-refractivity contribution in [2.24, 2.45) is 5.92 Å². The molecule has 1 amide bonds. The molecule has 0 aliphatic carbocycles. The number of amides is 1. The van der Waals surface area contributed by atoms with Gasteiger partial charge in [-0.3, -0.25) is 9.69 Å². The average molecular weight is 424 g/mol. The molecule has 0 radical (unpaired) electrons. The average Bonchev–Trinajstić information content (AvgIpc) is 3.33. The Morgan fingerprint density at radius 3 is 2.58 bits per heavy atom. The Morgan fingerprint density at radius 1 is 1.10 bits per heavy atom. The van der Waals surface area contributed by atoms with E-state index in [1.807, 2.05) is 24.1 Å². The van der Waals surface area contributed by atoms with Crippen molar-refractivity contribution in [3.05, 3.63) is 48.2 Å². The predicted octanol–water partition coefficient (Wildman–Crippen LogP) is 4.49. The minimum atomic E-state index is 0.334. The highest BCUT2D eigenvalue weighted by Gasteiger charge is 2.25. The Labute approximate surface area is 187 Å². The fourth-order valence-corrected chi connectivity index (χ4v) is 5.10. The summed E-state index contributed by atoms with van der Waals surface area (Å²) in [6, 6.07) is 13.1. The van der Waals surface area contributed by atoms with E-state index in [1.54, 1.807) is 6.26 Å². The first-order chi connectivity index (χ1) is 15.1. The molecule has 2 aliphatic rings. The quantitative estimate of drug-likeness (QED) is 0.658. The molecular weight excluding hydrogens is 386 g/mol. The first-order valence-corrected chi connectivity index (χ1v) is 11.9. The molecule has 2 saturated heterocycles. The smallest absolute Gasteiger partial charge is 0.222 e. The zero-order chi connectivity index (χ0) is 21.6. The molecule has 0 unspecified atom stereocenters. The Hall–Kier alpha value is -2.11. The van der Waals surface area contributed by atoms with Crippen LogP contribution >= 0.6 is 0 Å². The van der Waals surface area contributed by atoms with Crippen LogP contribution in [-0.4, -0.2) is 66.9 Å². The van der Waals surface area contributed by atoms with Gasteiger partial charge in [0.25, 0.3) is 0 Å². The van der Waals surface area contributed by atoms with Crippen molar-refractivity contribution in [3.63, 3.8) is 0 Å². The van der Waals surface area contributed by atoms with Gasteiger partial charge < -0.3 is 14.2 Å². The molecule has 0 spiro atoms. The van der Waals surface area contributed by atoms with Crippen LogP contribution in [-0.2, 0) is 11.3 Å². The van der Waals surface area contributed by atoms with Crippen molar-refractivity contribution in [1.82, 2.24) is 14.7 Å². The lowest BCUT2D eigenvalue weighted by Gasteiger charge is -2.36. The molecule has 168 valence electrons. The normalized spacial score (nSPS) is 21.3. The SMILES string of the molecule is CN1CCC(N(C)C(=O)CC[C@@H]2CCCN(Cc3ccc(-c4ccco4)cc3)C2)CC1. The van der Waals surface area contributed by atoms with Crippen molar-refractivity contribution < 1.29 is 9.21 Å². The second-order valence-electron chi connectivity index (χ2n) is 9.50. The maximum atomic E-state index is 12.8. The molecule has 2 aliphatic heterocycles. The van der Waals surface area contributed by atoms with Crippen LogP contribution in [0.4, 0.5) is 0 Å². The number of rotatable bonds is 7. The van der Waals surface area contributed by atoms with Crippen molar-refractivity contribution in [1.29, 1.82) is 0 Å². The minimum Gasteiger partial charge on any atom is -0.464 e. The van der Waals surface area contributed by atoms with E-state index in [2.05, 4.69) is 41.1 Å². The van der Waals surface area contributed by atoms with Gasteiger partial charge in [-0.25, -0.2) is 0 Å². The van der Waals surface area contributed by atoms with Crippen LogP contribution < -0.4 is 0 Å². The number of carbonyl (C=O) groups is 1. The number of likely N-dealkylation sites (tertiary alicyclic amines) is 2. The molecule has 2 fully saturated rings. The Kier molecular flexibility index (Phi) is 7.46. The lowest BCUT2D eigenvalue weighted by molar-refractivity contribution is -0.133. The van der Waals surface area contributed by atoms with Gasteiger partial charge in [0, 0.05) is 38.2 Å². The highest BCUT2D eigenvalue weighted by atomic mass is 16.3. The van der Waals surface area contributed by atoms with Crippen molar-refractivity contribution in [2.75, 3.05) is 40.3 Å². The van der Waals surface area contributed by atoms with E-state index >= 15 is 0 Å². The monoisotopic (exact) mass is 423 g/mol. The largest absolute Gasteiger partial charge is 0.464 e. The van der Waals surface area contributed by atoms with Crippen molar-refractivity contribution in [3.8, 4) is 11.3 Å². The molecule has 0 N–H and O–H groups in total. The van der Waals surface area contributed by atoms with Crippen LogP contribution in [0.1, 0.15) is 44.1 Å². The summed E-state index contributed by atoms with van der Waals surface area (Å²) >= 11 is 0. The fraction of sp³-hybridized carbons (Fsp3) is 0.577. The molecule has 0 bridgehead atoms. The lowest BCUT2D eigenvalue weighted by atomic mass is 9.92. The van der Waals surface area contributed by atoms with Gasteiger partial charge in [0.05, 0.1) is 6.26 Å². The number of hydrogen-bond donors (Lipinski definition) is 0. The highest BCUT2D eigenvalue weighted by Crippen LogP contribution is 2.25. The summed E-state index contributed by atoms with van der Waals surface area (Å²) in [7, 11) is 4.18. The van der Waals surface area contributed by atoms with E-state index in [0.29, 0.717) is 24.3 Å². The van der Waals surface area contributed by atoms with Crippen LogP contribution in [0.25, 0.3) is 11.3 Å². The van der Waals surface area contributed by atoms with E-state index in [4.69, 9.17) is 4.42 Å². The standard InChI is InChI=1S/C26H37N3O2/c1-27-16-13-24(14-17-27)28(2)26(30)12-9-21-5-3-15-29(19-21)20-22-7-10-23(11-8-22)25-6-4-18-31-25/h4,6-8,10-11,18,21,24H,3,5,9,12-17,19-20H2,1-2H3/t21-/m0/s1. The number of carbonyl (C=O) groups excluding carboxylic acids is 1. The Bertz CT molecular complexity index is 810. The molecule has 1 aromatic heterocycles.